The summed E-state index contributed by atoms with van der Waals surface area (Å²) in [6.07, 6.45) is 3.39. The monoisotopic (exact) mass is 439 g/mol. The van der Waals surface area contributed by atoms with Gasteiger partial charge in [-0.25, -0.2) is 4.98 Å². The Morgan fingerprint density at radius 2 is 1.93 bits per heavy atom. The van der Waals surface area contributed by atoms with Gasteiger partial charge in [0.2, 0.25) is 0 Å². The van der Waals surface area contributed by atoms with Gasteiger partial charge in [0.25, 0.3) is 11.5 Å². The van der Waals surface area contributed by atoms with E-state index in [-0.39, 0.29) is 11.5 Å². The molecule has 0 saturated carbocycles. The molecule has 5 nitrogen and oxygen atoms in total. The molecule has 0 N–H and O–H groups in total. The number of thiocarbonyl (C=S) groups is 1. The molecule has 1 aromatic carbocycles. The molecule has 0 atom stereocenters. The van der Waals surface area contributed by atoms with Crippen LogP contribution < -0.4 is 5.56 Å². The van der Waals surface area contributed by atoms with Crippen molar-refractivity contribution in [2.24, 2.45) is 0 Å². The molecule has 3 heterocycles. The standard InChI is InChI=1S/C21H17N3O2S3/c1-3-23-20(26)16(29-21(23)27)11-15-18(28-14-7-5-4-6-8-14)22-17-10-9-13(2)12-24(17)19(15)25/h4-12H,3H2,1-2H3. The maximum Gasteiger partial charge on any atom is 0.266 e. The molecule has 146 valence electrons. The number of hydrogen-bond acceptors (Lipinski definition) is 6. The molecular weight excluding hydrogens is 422 g/mol. The lowest BCUT2D eigenvalue weighted by Crippen LogP contribution is -2.27. The number of nitrogens with zero attached hydrogens (tertiary/aromatic N) is 3. The fraction of sp³-hybridized carbons (Fsp3) is 0.143. The van der Waals surface area contributed by atoms with Gasteiger partial charge in [0.05, 0.1) is 10.5 Å². The molecule has 0 radical (unpaired) electrons. The van der Waals surface area contributed by atoms with E-state index in [2.05, 4.69) is 0 Å². The van der Waals surface area contributed by atoms with E-state index in [1.165, 1.54) is 32.8 Å². The van der Waals surface area contributed by atoms with Gasteiger partial charge in [-0.2, -0.15) is 0 Å². The quantitative estimate of drug-likeness (QED) is 0.342. The fourth-order valence-corrected chi connectivity index (χ4v) is 5.22. The minimum Gasteiger partial charge on any atom is -0.293 e. The molecule has 1 fully saturated rings. The Hall–Kier alpha value is -2.42. The van der Waals surface area contributed by atoms with Crippen LogP contribution >= 0.6 is 35.7 Å². The van der Waals surface area contributed by atoms with Gasteiger partial charge in [-0.05, 0) is 43.7 Å². The van der Waals surface area contributed by atoms with Crippen LogP contribution in [0.25, 0.3) is 11.7 Å². The van der Waals surface area contributed by atoms with Crippen LogP contribution in [0.15, 0.2) is 68.3 Å². The van der Waals surface area contributed by atoms with Crippen LogP contribution in [0.3, 0.4) is 0 Å². The third-order valence-corrected chi connectivity index (χ3v) is 6.78. The highest BCUT2D eigenvalue weighted by Crippen LogP contribution is 2.34. The van der Waals surface area contributed by atoms with Crippen LogP contribution in [0.1, 0.15) is 18.1 Å². The average Bonchev–Trinajstić information content (AvgIpc) is 2.98. The number of amides is 1. The summed E-state index contributed by atoms with van der Waals surface area (Å²) in [4.78, 5) is 33.6. The third kappa shape index (κ3) is 3.88. The number of benzene rings is 1. The predicted octanol–water partition coefficient (Wildman–Crippen LogP) is 4.38. The molecule has 1 amide bonds. The van der Waals surface area contributed by atoms with Gasteiger partial charge >= 0.3 is 0 Å². The Kier molecular flexibility index (Phi) is 5.58. The number of hydrogen-bond donors (Lipinski definition) is 0. The Bertz CT molecular complexity index is 1220. The highest BCUT2D eigenvalue weighted by molar-refractivity contribution is 8.26. The average molecular weight is 440 g/mol. The van der Waals surface area contributed by atoms with Crippen LogP contribution in [0, 0.1) is 6.92 Å². The summed E-state index contributed by atoms with van der Waals surface area (Å²) < 4.78 is 2.03. The Morgan fingerprint density at radius 1 is 1.17 bits per heavy atom. The molecule has 29 heavy (non-hydrogen) atoms. The molecule has 1 aliphatic rings. The molecule has 3 aromatic rings. The summed E-state index contributed by atoms with van der Waals surface area (Å²) in [5, 5.41) is 0.562. The maximum absolute atomic E-state index is 13.3. The van der Waals surface area contributed by atoms with E-state index in [4.69, 9.17) is 17.2 Å². The number of pyridine rings is 1. The first-order valence-corrected chi connectivity index (χ1v) is 11.0. The van der Waals surface area contributed by atoms with Gasteiger partial charge in [-0.1, -0.05) is 60.0 Å². The first kappa shape index (κ1) is 19.9. The van der Waals surface area contributed by atoms with E-state index >= 15 is 0 Å². The number of carbonyl (C=O) groups is 1. The van der Waals surface area contributed by atoms with Crippen LogP contribution in [0.4, 0.5) is 0 Å². The summed E-state index contributed by atoms with van der Waals surface area (Å²) in [7, 11) is 0. The summed E-state index contributed by atoms with van der Waals surface area (Å²) in [6, 6.07) is 13.5. The highest BCUT2D eigenvalue weighted by atomic mass is 32.2. The SMILES string of the molecule is CCN1C(=O)C(=Cc2c(Sc3ccccc3)nc3ccc(C)cn3c2=O)SC1=S. The second-order valence-electron chi connectivity index (χ2n) is 6.41. The third-order valence-electron chi connectivity index (χ3n) is 4.39. The van der Waals surface area contributed by atoms with E-state index in [1.807, 2.05) is 56.3 Å². The number of rotatable bonds is 4. The minimum atomic E-state index is -0.209. The molecular formula is C21H17N3O2S3. The van der Waals surface area contributed by atoms with Crippen molar-refractivity contribution in [1.82, 2.24) is 14.3 Å². The van der Waals surface area contributed by atoms with E-state index < -0.39 is 0 Å². The van der Waals surface area contributed by atoms with Gasteiger partial charge in [0.15, 0.2) is 0 Å². The van der Waals surface area contributed by atoms with E-state index in [1.54, 1.807) is 12.3 Å². The zero-order chi connectivity index (χ0) is 20.5. The van der Waals surface area contributed by atoms with Gasteiger partial charge in [0.1, 0.15) is 15.0 Å². The summed E-state index contributed by atoms with van der Waals surface area (Å²) in [6.45, 7) is 4.30. The minimum absolute atomic E-state index is 0.174. The molecule has 0 unspecified atom stereocenters. The number of fused-ring (bicyclic) bond motifs is 1. The van der Waals surface area contributed by atoms with Crippen molar-refractivity contribution < 1.29 is 4.79 Å². The van der Waals surface area contributed by atoms with Gasteiger partial charge < -0.3 is 0 Å². The van der Waals surface area contributed by atoms with Crippen LogP contribution in [-0.4, -0.2) is 31.1 Å². The lowest BCUT2D eigenvalue weighted by atomic mass is 10.2. The summed E-state index contributed by atoms with van der Waals surface area (Å²) >= 11 is 7.92. The molecule has 4 rings (SSSR count). The van der Waals surface area contributed by atoms with Crippen LogP contribution in [-0.2, 0) is 4.79 Å². The zero-order valence-corrected chi connectivity index (χ0v) is 18.2. The number of carbonyl (C=O) groups excluding carboxylic acids is 1. The molecule has 2 aromatic heterocycles. The Balaban J connectivity index is 1.91. The molecule has 1 saturated heterocycles. The molecule has 0 aliphatic carbocycles. The van der Waals surface area contributed by atoms with Crippen LogP contribution in [0.5, 0.6) is 0 Å². The lowest BCUT2D eigenvalue weighted by molar-refractivity contribution is -0.121. The van der Waals surface area contributed by atoms with Gasteiger partial charge in [0, 0.05) is 17.6 Å². The van der Waals surface area contributed by atoms with E-state index in [9.17, 15) is 9.59 Å². The van der Waals surface area contributed by atoms with E-state index in [0.29, 0.717) is 32.0 Å². The molecule has 8 heteroatoms. The number of aromatic nitrogens is 2. The Labute approximate surface area is 181 Å². The number of aryl methyl sites for hydroxylation is 1. The first-order valence-electron chi connectivity index (χ1n) is 8.99. The molecule has 0 bridgehead atoms. The second kappa shape index (κ2) is 8.14. The number of likely N-dealkylation sites (N-methyl/N-ethyl adjacent to an activating group) is 1. The topological polar surface area (TPSA) is 54.7 Å². The largest absolute Gasteiger partial charge is 0.293 e. The van der Waals surface area contributed by atoms with Crippen LogP contribution in [0.2, 0.25) is 0 Å². The zero-order valence-electron chi connectivity index (χ0n) is 15.8. The Morgan fingerprint density at radius 3 is 2.62 bits per heavy atom. The van der Waals surface area contributed by atoms with Crippen molar-refractivity contribution in [3.05, 3.63) is 75.0 Å². The smallest absolute Gasteiger partial charge is 0.266 e. The van der Waals surface area contributed by atoms with E-state index in [0.717, 1.165) is 10.5 Å². The second-order valence-corrected chi connectivity index (χ2v) is 9.15. The van der Waals surface area contributed by atoms with Crippen molar-refractivity contribution in [1.29, 1.82) is 0 Å². The fourth-order valence-electron chi connectivity index (χ4n) is 2.94. The first-order chi connectivity index (χ1) is 14.0. The van der Waals surface area contributed by atoms with Gasteiger partial charge in [-0.3, -0.25) is 18.9 Å². The van der Waals surface area contributed by atoms with Crippen molar-refractivity contribution in [3.63, 3.8) is 0 Å². The van der Waals surface area contributed by atoms with Crippen molar-refractivity contribution in [3.8, 4) is 0 Å². The van der Waals surface area contributed by atoms with Crippen molar-refractivity contribution >= 4 is 57.7 Å². The molecule has 1 aliphatic heterocycles. The number of thioether (sulfide) groups is 1. The normalized spacial score (nSPS) is 15.7. The van der Waals surface area contributed by atoms with Crippen molar-refractivity contribution in [2.75, 3.05) is 6.54 Å². The summed E-state index contributed by atoms with van der Waals surface area (Å²) in [5.41, 5.74) is 1.70. The maximum atomic E-state index is 13.3. The molecule has 0 spiro atoms. The van der Waals surface area contributed by atoms with Gasteiger partial charge in [-0.15, -0.1) is 0 Å². The van der Waals surface area contributed by atoms with Crippen molar-refractivity contribution in [2.45, 2.75) is 23.8 Å². The predicted molar refractivity (Wildman–Crippen MR) is 122 cm³/mol. The lowest BCUT2D eigenvalue weighted by Gasteiger charge is -2.10. The highest BCUT2D eigenvalue weighted by Gasteiger charge is 2.31. The summed E-state index contributed by atoms with van der Waals surface area (Å²) in [5.74, 6) is -0.174.